The van der Waals surface area contributed by atoms with Gasteiger partial charge in [-0.05, 0) is 37.5 Å². The lowest BCUT2D eigenvalue weighted by molar-refractivity contribution is -0.145. The number of rotatable bonds is 7. The lowest BCUT2D eigenvalue weighted by Gasteiger charge is -2.02. The summed E-state index contributed by atoms with van der Waals surface area (Å²) in [5, 5.41) is 2.62. The first-order chi connectivity index (χ1) is 11.7. The molecule has 2 aromatic carbocycles. The van der Waals surface area contributed by atoms with Gasteiger partial charge in [0.05, 0.1) is 13.2 Å². The largest absolute Gasteiger partial charge is 0.466 e. The maximum absolute atomic E-state index is 10.9. The zero-order valence-corrected chi connectivity index (χ0v) is 14.5. The summed E-state index contributed by atoms with van der Waals surface area (Å²) in [7, 11) is 0. The van der Waals surface area contributed by atoms with Crippen molar-refractivity contribution in [1.29, 1.82) is 0 Å². The van der Waals surface area contributed by atoms with Crippen LogP contribution in [-0.2, 0) is 19.1 Å². The van der Waals surface area contributed by atoms with Gasteiger partial charge in [0, 0.05) is 12.8 Å². The van der Waals surface area contributed by atoms with E-state index in [-0.39, 0.29) is 11.9 Å². The molecule has 0 aromatic heterocycles. The minimum atomic E-state index is -0.198. The first kappa shape index (κ1) is 19.7. The van der Waals surface area contributed by atoms with Crippen LogP contribution < -0.4 is 0 Å². The average Bonchev–Trinajstić information content (AvgIpc) is 2.60. The zero-order valence-electron chi connectivity index (χ0n) is 14.5. The van der Waals surface area contributed by atoms with E-state index >= 15 is 0 Å². The molecule has 0 radical (unpaired) electrons. The Bertz CT molecular complexity index is 536. The van der Waals surface area contributed by atoms with Gasteiger partial charge in [0.2, 0.25) is 0 Å². The Morgan fingerprint density at radius 2 is 1.04 bits per heavy atom. The van der Waals surface area contributed by atoms with Crippen LogP contribution in [0, 0.1) is 0 Å². The second-order valence-corrected chi connectivity index (χ2v) is 5.16. The van der Waals surface area contributed by atoms with Crippen molar-refractivity contribution in [3.8, 4) is 0 Å². The lowest BCUT2D eigenvalue weighted by atomic mass is 10.1. The summed E-state index contributed by atoms with van der Waals surface area (Å²) in [6.45, 7) is 4.38. The maximum atomic E-state index is 10.9. The Morgan fingerprint density at radius 3 is 1.33 bits per heavy atom. The van der Waals surface area contributed by atoms with E-state index in [1.54, 1.807) is 13.8 Å². The summed E-state index contributed by atoms with van der Waals surface area (Å²) >= 11 is 0. The van der Waals surface area contributed by atoms with Gasteiger partial charge in [-0.3, -0.25) is 9.59 Å². The molecule has 2 rings (SSSR count). The van der Waals surface area contributed by atoms with Gasteiger partial charge in [-0.15, -0.1) is 0 Å². The van der Waals surface area contributed by atoms with E-state index in [9.17, 15) is 9.59 Å². The van der Waals surface area contributed by atoms with Crippen LogP contribution in [0.4, 0.5) is 0 Å². The molecule has 0 aliphatic heterocycles. The summed E-state index contributed by atoms with van der Waals surface area (Å²) in [6, 6.07) is 16.7. The molecule has 0 amide bonds. The summed E-state index contributed by atoms with van der Waals surface area (Å²) in [5.74, 6) is -0.396. The van der Waals surface area contributed by atoms with Gasteiger partial charge in [0.25, 0.3) is 0 Å². The van der Waals surface area contributed by atoms with Gasteiger partial charge in [-0.1, -0.05) is 48.5 Å². The number of hydrogen-bond donors (Lipinski definition) is 0. The third kappa shape index (κ3) is 8.32. The van der Waals surface area contributed by atoms with E-state index in [2.05, 4.69) is 48.5 Å². The minimum absolute atomic E-state index is 0.198. The Balaban J connectivity index is 0.000000250. The highest BCUT2D eigenvalue weighted by Gasteiger charge is 2.04. The topological polar surface area (TPSA) is 52.6 Å². The molecule has 0 saturated carbocycles. The predicted molar refractivity (Wildman–Crippen MR) is 95.7 cm³/mol. The first-order valence-electron chi connectivity index (χ1n) is 8.42. The van der Waals surface area contributed by atoms with E-state index in [0.29, 0.717) is 38.9 Å². The molecule has 0 atom stereocenters. The van der Waals surface area contributed by atoms with E-state index in [1.165, 1.54) is 10.8 Å². The summed E-state index contributed by atoms with van der Waals surface area (Å²) in [5.41, 5.74) is 0. The van der Waals surface area contributed by atoms with Crippen LogP contribution in [0.3, 0.4) is 0 Å². The smallest absolute Gasteiger partial charge is 0.305 e. The molecule has 4 nitrogen and oxygen atoms in total. The Labute approximate surface area is 143 Å². The highest BCUT2D eigenvalue weighted by Crippen LogP contribution is 2.11. The van der Waals surface area contributed by atoms with Crippen LogP contribution in [0.15, 0.2) is 48.5 Å². The molecule has 0 spiro atoms. The van der Waals surface area contributed by atoms with Gasteiger partial charge in [0.1, 0.15) is 0 Å². The van der Waals surface area contributed by atoms with Gasteiger partial charge in [0.15, 0.2) is 0 Å². The fraction of sp³-hybridized carbons (Fsp3) is 0.400. The van der Waals surface area contributed by atoms with Crippen molar-refractivity contribution in [2.45, 2.75) is 39.5 Å². The van der Waals surface area contributed by atoms with Gasteiger partial charge < -0.3 is 9.47 Å². The SMILES string of the molecule is CCOC(=O)CCCCC(=O)OCC.c1ccc2ccccc2c1. The Morgan fingerprint density at radius 1 is 0.708 bits per heavy atom. The number of esters is 2. The molecule has 0 bridgehead atoms. The van der Waals surface area contributed by atoms with Crippen LogP contribution in [-0.4, -0.2) is 25.2 Å². The standard InChI is InChI=1S/C10H18O4.C10H8/c1-3-13-9(11)7-5-6-8-10(12)14-4-2;1-2-6-10-8-4-3-7-9(10)5-1/h3-8H2,1-2H3;1-8H. The number of carbonyl (C=O) groups is 2. The predicted octanol–water partition coefficient (Wildman–Crippen LogP) is 4.51. The summed E-state index contributed by atoms with van der Waals surface area (Å²) < 4.78 is 9.48. The van der Waals surface area contributed by atoms with E-state index in [0.717, 1.165) is 0 Å². The number of unbranched alkanes of at least 4 members (excludes halogenated alkanes) is 1. The van der Waals surface area contributed by atoms with Crippen molar-refractivity contribution in [3.63, 3.8) is 0 Å². The first-order valence-corrected chi connectivity index (χ1v) is 8.42. The second-order valence-electron chi connectivity index (χ2n) is 5.16. The third-order valence-corrected chi connectivity index (χ3v) is 3.28. The van der Waals surface area contributed by atoms with Gasteiger partial charge >= 0.3 is 11.9 Å². The van der Waals surface area contributed by atoms with Crippen molar-refractivity contribution in [2.75, 3.05) is 13.2 Å². The van der Waals surface area contributed by atoms with Crippen molar-refractivity contribution in [1.82, 2.24) is 0 Å². The molecule has 0 N–H and O–H groups in total. The highest BCUT2D eigenvalue weighted by atomic mass is 16.5. The number of fused-ring (bicyclic) bond motifs is 1. The molecule has 0 fully saturated rings. The van der Waals surface area contributed by atoms with Crippen LogP contribution >= 0.6 is 0 Å². The van der Waals surface area contributed by atoms with Crippen LogP contribution in [0.5, 0.6) is 0 Å². The molecule has 0 aliphatic carbocycles. The van der Waals surface area contributed by atoms with Gasteiger partial charge in [-0.2, -0.15) is 0 Å². The molecular weight excluding hydrogens is 304 g/mol. The fourth-order valence-corrected chi connectivity index (χ4v) is 2.14. The lowest BCUT2D eigenvalue weighted by Crippen LogP contribution is -2.06. The van der Waals surface area contributed by atoms with Crippen molar-refractivity contribution in [3.05, 3.63) is 48.5 Å². The monoisotopic (exact) mass is 330 g/mol. The fourth-order valence-electron chi connectivity index (χ4n) is 2.14. The van der Waals surface area contributed by atoms with Crippen molar-refractivity contribution in [2.24, 2.45) is 0 Å². The Hall–Kier alpha value is -2.36. The molecule has 0 aliphatic rings. The number of benzene rings is 2. The molecule has 0 heterocycles. The molecule has 0 unspecified atom stereocenters. The molecule has 4 heteroatoms. The Kier molecular flexibility index (Phi) is 9.93. The number of carbonyl (C=O) groups excluding carboxylic acids is 2. The maximum Gasteiger partial charge on any atom is 0.305 e. The van der Waals surface area contributed by atoms with E-state index in [1.807, 2.05) is 0 Å². The van der Waals surface area contributed by atoms with Crippen molar-refractivity contribution < 1.29 is 19.1 Å². The zero-order chi connectivity index (χ0) is 17.6. The second kappa shape index (κ2) is 12.1. The van der Waals surface area contributed by atoms with Gasteiger partial charge in [-0.25, -0.2) is 0 Å². The van der Waals surface area contributed by atoms with Crippen molar-refractivity contribution >= 4 is 22.7 Å². The summed E-state index contributed by atoms with van der Waals surface area (Å²) in [4.78, 5) is 21.8. The molecule has 2 aromatic rings. The van der Waals surface area contributed by atoms with Crippen LogP contribution in [0.1, 0.15) is 39.5 Å². The van der Waals surface area contributed by atoms with E-state index < -0.39 is 0 Å². The van der Waals surface area contributed by atoms with E-state index in [4.69, 9.17) is 9.47 Å². The van der Waals surface area contributed by atoms with Crippen LogP contribution in [0.2, 0.25) is 0 Å². The summed E-state index contributed by atoms with van der Waals surface area (Å²) in [6.07, 6.45) is 2.12. The molecule has 130 valence electrons. The number of hydrogen-bond acceptors (Lipinski definition) is 4. The molecule has 24 heavy (non-hydrogen) atoms. The quantitative estimate of drug-likeness (QED) is 0.553. The average molecular weight is 330 g/mol. The normalized spacial score (nSPS) is 9.75. The molecule has 0 saturated heterocycles. The minimum Gasteiger partial charge on any atom is -0.466 e. The number of ether oxygens (including phenoxy) is 2. The third-order valence-electron chi connectivity index (χ3n) is 3.28. The highest BCUT2D eigenvalue weighted by molar-refractivity contribution is 5.82. The van der Waals surface area contributed by atoms with Crippen LogP contribution in [0.25, 0.3) is 10.8 Å². The molecular formula is C20H26O4.